The van der Waals surface area contributed by atoms with Gasteiger partial charge in [-0.15, -0.1) is 22.7 Å². The lowest BCUT2D eigenvalue weighted by molar-refractivity contribution is 0.103. The van der Waals surface area contributed by atoms with Gasteiger partial charge in [-0.3, -0.25) is 4.79 Å². The van der Waals surface area contributed by atoms with E-state index in [1.54, 1.807) is 17.4 Å². The fourth-order valence-corrected chi connectivity index (χ4v) is 5.61. The van der Waals surface area contributed by atoms with Crippen LogP contribution in [0.1, 0.15) is 20.8 Å². The minimum Gasteiger partial charge on any atom is -0.489 e. The quantitative estimate of drug-likeness (QED) is 0.275. The number of carbonyl (C=O) groups is 1. The predicted molar refractivity (Wildman–Crippen MR) is 139 cm³/mol. The van der Waals surface area contributed by atoms with Crippen molar-refractivity contribution >= 4 is 44.5 Å². The van der Waals surface area contributed by atoms with Gasteiger partial charge >= 0.3 is 0 Å². The van der Waals surface area contributed by atoms with Gasteiger partial charge in [0.25, 0.3) is 5.91 Å². The van der Waals surface area contributed by atoms with Gasteiger partial charge in [-0.05, 0) is 72.5 Å². The first kappa shape index (κ1) is 21.6. The van der Waals surface area contributed by atoms with Gasteiger partial charge in [-0.1, -0.05) is 6.07 Å². The van der Waals surface area contributed by atoms with Crippen molar-refractivity contribution in [3.8, 4) is 27.8 Å². The molecular weight excluding hydrogens is 480 g/mol. The summed E-state index contributed by atoms with van der Waals surface area (Å²) in [6.07, 6.45) is 0. The van der Waals surface area contributed by atoms with Crippen molar-refractivity contribution in [3.63, 3.8) is 0 Å². The van der Waals surface area contributed by atoms with E-state index < -0.39 is 0 Å². The van der Waals surface area contributed by atoms with Crippen LogP contribution in [-0.4, -0.2) is 17.7 Å². The van der Waals surface area contributed by atoms with Gasteiger partial charge in [0.15, 0.2) is 11.5 Å². The molecule has 35 heavy (non-hydrogen) atoms. The molecule has 1 N–H and O–H groups in total. The van der Waals surface area contributed by atoms with Crippen LogP contribution in [0, 0.1) is 6.92 Å². The van der Waals surface area contributed by atoms with Crippen molar-refractivity contribution < 1.29 is 19.0 Å². The fourth-order valence-electron chi connectivity index (χ4n) is 3.75. The third-order valence-electron chi connectivity index (χ3n) is 5.56. The highest BCUT2D eigenvalue weighted by atomic mass is 32.1. The van der Waals surface area contributed by atoms with Gasteiger partial charge in [0.2, 0.25) is 6.79 Å². The summed E-state index contributed by atoms with van der Waals surface area (Å²) >= 11 is 3.06. The molecule has 8 heteroatoms. The first-order valence-corrected chi connectivity index (χ1v) is 12.7. The molecule has 6 nitrogen and oxygen atoms in total. The topological polar surface area (TPSA) is 69.7 Å². The number of anilines is 1. The van der Waals surface area contributed by atoms with Crippen LogP contribution in [-0.2, 0) is 6.61 Å². The molecule has 0 bridgehead atoms. The van der Waals surface area contributed by atoms with Crippen molar-refractivity contribution in [1.82, 2.24) is 4.98 Å². The Morgan fingerprint density at radius 1 is 1.03 bits per heavy atom. The zero-order valence-corrected chi connectivity index (χ0v) is 20.4. The molecule has 0 unspecified atom stereocenters. The molecule has 0 aliphatic carbocycles. The van der Waals surface area contributed by atoms with Crippen LogP contribution in [0.4, 0.5) is 5.69 Å². The van der Waals surface area contributed by atoms with Crippen LogP contribution in [0.2, 0.25) is 0 Å². The van der Waals surface area contributed by atoms with Gasteiger partial charge in [-0.25, -0.2) is 4.98 Å². The Morgan fingerprint density at radius 3 is 2.77 bits per heavy atom. The number of hydrogen-bond donors (Lipinski definition) is 1. The maximum atomic E-state index is 12.8. The molecule has 0 saturated heterocycles. The molecule has 174 valence electrons. The maximum Gasteiger partial charge on any atom is 0.265 e. The van der Waals surface area contributed by atoms with Gasteiger partial charge in [0.05, 0.1) is 15.1 Å². The van der Waals surface area contributed by atoms with E-state index in [0.717, 1.165) is 33.1 Å². The standard InChI is InChI=1S/C27H20N2O4S2/c1-16-2-8-21-24(10-16)35-27(29-21)18-3-5-19(6-4-18)28-26(30)25-11-17(14-34-25)13-31-20-7-9-22-23(12-20)33-15-32-22/h2-12,14H,13,15H2,1H3,(H,28,30). The number of carbonyl (C=O) groups excluding carboxylic acids is 1. The largest absolute Gasteiger partial charge is 0.489 e. The summed E-state index contributed by atoms with van der Waals surface area (Å²) in [4.78, 5) is 18.1. The molecule has 2 aromatic heterocycles. The highest BCUT2D eigenvalue weighted by molar-refractivity contribution is 7.21. The van der Waals surface area contributed by atoms with Crippen molar-refractivity contribution in [2.75, 3.05) is 12.1 Å². The SMILES string of the molecule is Cc1ccc2nc(-c3ccc(NC(=O)c4cc(COc5ccc6c(c5)OCO6)cs4)cc3)sc2c1. The molecule has 0 radical (unpaired) electrons. The van der Waals surface area contributed by atoms with Gasteiger partial charge < -0.3 is 19.5 Å². The lowest BCUT2D eigenvalue weighted by Gasteiger charge is -2.06. The van der Waals surface area contributed by atoms with Crippen LogP contribution >= 0.6 is 22.7 Å². The molecule has 1 amide bonds. The number of benzene rings is 3. The zero-order valence-electron chi connectivity index (χ0n) is 18.7. The van der Waals surface area contributed by atoms with E-state index in [4.69, 9.17) is 19.2 Å². The Balaban J connectivity index is 1.08. The van der Waals surface area contributed by atoms with E-state index in [9.17, 15) is 4.79 Å². The van der Waals surface area contributed by atoms with E-state index >= 15 is 0 Å². The van der Waals surface area contributed by atoms with Gasteiger partial charge in [-0.2, -0.15) is 0 Å². The average molecular weight is 501 g/mol. The summed E-state index contributed by atoms with van der Waals surface area (Å²) < 4.78 is 17.7. The number of nitrogens with zero attached hydrogens (tertiary/aromatic N) is 1. The van der Waals surface area contributed by atoms with E-state index in [1.807, 2.05) is 47.8 Å². The molecule has 3 aromatic carbocycles. The molecule has 0 atom stereocenters. The summed E-state index contributed by atoms with van der Waals surface area (Å²) in [5.74, 6) is 1.94. The summed E-state index contributed by atoms with van der Waals surface area (Å²) in [5, 5.41) is 5.87. The highest BCUT2D eigenvalue weighted by Gasteiger charge is 2.15. The summed E-state index contributed by atoms with van der Waals surface area (Å²) in [7, 11) is 0. The second kappa shape index (κ2) is 9.05. The minimum atomic E-state index is -0.146. The molecule has 6 rings (SSSR count). The van der Waals surface area contributed by atoms with Crippen molar-refractivity contribution in [2.24, 2.45) is 0 Å². The third kappa shape index (κ3) is 4.58. The van der Waals surface area contributed by atoms with Crippen LogP contribution in [0.3, 0.4) is 0 Å². The van der Waals surface area contributed by atoms with Crippen molar-refractivity contribution in [2.45, 2.75) is 13.5 Å². The number of hydrogen-bond acceptors (Lipinski definition) is 7. The fraction of sp³-hybridized carbons (Fsp3) is 0.111. The Morgan fingerprint density at radius 2 is 1.89 bits per heavy atom. The average Bonchev–Trinajstić information content (AvgIpc) is 3.62. The van der Waals surface area contributed by atoms with Crippen LogP contribution < -0.4 is 19.5 Å². The second-order valence-corrected chi connectivity index (χ2v) is 10.1. The van der Waals surface area contributed by atoms with E-state index in [-0.39, 0.29) is 12.7 Å². The Hall–Kier alpha value is -3.88. The molecule has 1 aliphatic rings. The number of thiazole rings is 1. The summed E-state index contributed by atoms with van der Waals surface area (Å²) in [5.41, 5.74) is 4.92. The lowest BCUT2D eigenvalue weighted by Crippen LogP contribution is -2.10. The van der Waals surface area contributed by atoms with Crippen molar-refractivity contribution in [3.05, 3.63) is 88.1 Å². The molecule has 1 aliphatic heterocycles. The Labute approximate surface area is 209 Å². The summed E-state index contributed by atoms with van der Waals surface area (Å²) in [6, 6.07) is 21.4. The van der Waals surface area contributed by atoms with Crippen LogP contribution in [0.15, 0.2) is 72.1 Å². The maximum absolute atomic E-state index is 12.8. The number of amides is 1. The van der Waals surface area contributed by atoms with E-state index in [0.29, 0.717) is 23.0 Å². The normalized spacial score (nSPS) is 12.1. The Kier molecular flexibility index (Phi) is 5.60. The smallest absolute Gasteiger partial charge is 0.265 e. The first-order valence-electron chi connectivity index (χ1n) is 11.0. The zero-order chi connectivity index (χ0) is 23.8. The molecule has 0 fully saturated rings. The molecule has 5 aromatic rings. The highest BCUT2D eigenvalue weighted by Crippen LogP contribution is 2.35. The monoisotopic (exact) mass is 500 g/mol. The van der Waals surface area contributed by atoms with Crippen LogP contribution in [0.25, 0.3) is 20.8 Å². The van der Waals surface area contributed by atoms with Gasteiger partial charge in [0, 0.05) is 22.9 Å². The van der Waals surface area contributed by atoms with E-state index in [1.165, 1.54) is 21.6 Å². The Bertz CT molecular complexity index is 1540. The molecule has 0 saturated carbocycles. The number of aromatic nitrogens is 1. The predicted octanol–water partition coefficient (Wildman–Crippen LogP) is 6.89. The number of nitrogens with one attached hydrogen (secondary N) is 1. The molecular formula is C27H20N2O4S2. The lowest BCUT2D eigenvalue weighted by atomic mass is 10.2. The second-order valence-electron chi connectivity index (χ2n) is 8.14. The number of thiophene rings is 1. The third-order valence-corrected chi connectivity index (χ3v) is 7.61. The molecule has 0 spiro atoms. The van der Waals surface area contributed by atoms with E-state index in [2.05, 4.69) is 30.4 Å². The molecule has 3 heterocycles. The minimum absolute atomic E-state index is 0.146. The van der Waals surface area contributed by atoms with Crippen molar-refractivity contribution in [1.29, 1.82) is 0 Å². The first-order chi connectivity index (χ1) is 17.1. The number of rotatable bonds is 6. The summed E-state index contributed by atoms with van der Waals surface area (Å²) in [6.45, 7) is 2.67. The van der Waals surface area contributed by atoms with Gasteiger partial charge in [0.1, 0.15) is 17.4 Å². The van der Waals surface area contributed by atoms with Crippen LogP contribution in [0.5, 0.6) is 17.2 Å². The number of fused-ring (bicyclic) bond motifs is 2. The number of ether oxygens (including phenoxy) is 3. The number of aryl methyl sites for hydroxylation is 1.